The van der Waals surface area contributed by atoms with Crippen molar-refractivity contribution in [3.8, 4) is 0 Å². The Morgan fingerprint density at radius 3 is 2.41 bits per heavy atom. The van der Waals surface area contributed by atoms with E-state index in [1.165, 1.54) is 25.0 Å². The van der Waals surface area contributed by atoms with E-state index in [4.69, 9.17) is 28.0 Å². The van der Waals surface area contributed by atoms with Gasteiger partial charge in [0, 0.05) is 5.92 Å². The van der Waals surface area contributed by atoms with Gasteiger partial charge in [-0.2, -0.15) is 0 Å². The van der Waals surface area contributed by atoms with Crippen molar-refractivity contribution in [2.24, 2.45) is 11.8 Å². The third-order valence-electron chi connectivity index (χ3n) is 3.53. The Balaban J connectivity index is 0.00000102. The fourth-order valence-electron chi connectivity index (χ4n) is 3.22. The van der Waals surface area contributed by atoms with Crippen molar-refractivity contribution in [1.82, 2.24) is 0 Å². The maximum absolute atomic E-state index is 6.35. The van der Waals surface area contributed by atoms with Crippen molar-refractivity contribution >= 4 is 27.1 Å². The number of nitrogens with zero attached hydrogens (tertiary/aromatic N) is 1. The van der Waals surface area contributed by atoms with E-state index in [-0.39, 0.29) is 13.0 Å². The van der Waals surface area contributed by atoms with Crippen LogP contribution in [0.2, 0.25) is 13.1 Å². The second kappa shape index (κ2) is 9.90. The SMILES string of the molecule is CC(C)(C)[N-][Si](C)(C)OC1=CC=CC2CCCC12.[CH3-].[Cl][Ti][Cl]. The third-order valence-corrected chi connectivity index (χ3v) is 5.47. The van der Waals surface area contributed by atoms with Gasteiger partial charge in [-0.25, -0.2) is 0 Å². The van der Waals surface area contributed by atoms with E-state index in [1.54, 1.807) is 0 Å². The average Bonchev–Trinajstić information content (AvgIpc) is 2.75. The Morgan fingerprint density at radius 2 is 1.86 bits per heavy atom. The molecule has 0 heterocycles. The molecule has 0 amide bonds. The summed E-state index contributed by atoms with van der Waals surface area (Å²) in [6.07, 6.45) is 10.6. The number of hydrogen-bond donors (Lipinski definition) is 0. The minimum atomic E-state index is -1.96. The second-order valence-electron chi connectivity index (χ2n) is 7.06. The van der Waals surface area contributed by atoms with Gasteiger partial charge < -0.3 is 16.8 Å². The predicted octanol–water partition coefficient (Wildman–Crippen LogP) is 6.57. The normalized spacial score (nSPS) is 23.5. The molecule has 0 radical (unpaired) electrons. The number of fused-ring (bicyclic) bond motifs is 1. The average molecular weight is 398 g/mol. The Kier molecular flexibility index (Phi) is 10.2. The first-order chi connectivity index (χ1) is 9.68. The number of hydrogen-bond acceptors (Lipinski definition) is 1. The third kappa shape index (κ3) is 8.03. The fraction of sp³-hybridized carbons (Fsp3) is 0.688. The van der Waals surface area contributed by atoms with Crippen LogP contribution in [0.5, 0.6) is 0 Å². The summed E-state index contributed by atoms with van der Waals surface area (Å²) in [6, 6.07) is 0. The van der Waals surface area contributed by atoms with Crippen molar-refractivity contribution in [2.75, 3.05) is 0 Å². The van der Waals surface area contributed by atoms with Crippen LogP contribution in [0.15, 0.2) is 24.0 Å². The molecule has 2 aliphatic carbocycles. The van der Waals surface area contributed by atoms with Crippen LogP contribution in [-0.4, -0.2) is 14.0 Å². The molecule has 6 heteroatoms. The summed E-state index contributed by atoms with van der Waals surface area (Å²) >= 11 is -0.556. The fourth-order valence-corrected chi connectivity index (χ4v) is 5.68. The summed E-state index contributed by atoms with van der Waals surface area (Å²) in [7, 11) is 7.81. The van der Waals surface area contributed by atoms with Gasteiger partial charge in [-0.05, 0) is 24.8 Å². The molecule has 0 aliphatic heterocycles. The zero-order valence-electron chi connectivity index (χ0n) is 14.6. The number of rotatable bonds is 3. The summed E-state index contributed by atoms with van der Waals surface area (Å²) in [4.78, 5) is 4.90. The summed E-state index contributed by atoms with van der Waals surface area (Å²) in [6.45, 7) is 10.8. The molecular formula is C16H29Cl2NOSiTi-2. The molecule has 2 rings (SSSR count). The Morgan fingerprint density at radius 1 is 1.27 bits per heavy atom. The van der Waals surface area contributed by atoms with Crippen LogP contribution >= 0.6 is 18.6 Å². The van der Waals surface area contributed by atoms with E-state index in [0.717, 1.165) is 0 Å². The van der Waals surface area contributed by atoms with Gasteiger partial charge >= 0.3 is 35.6 Å². The summed E-state index contributed by atoms with van der Waals surface area (Å²) in [5.41, 5.74) is -0.00410. The Bertz CT molecular complexity index is 394. The van der Waals surface area contributed by atoms with Gasteiger partial charge in [-0.15, -0.1) is 5.54 Å². The zero-order valence-corrected chi connectivity index (χ0v) is 18.7. The summed E-state index contributed by atoms with van der Waals surface area (Å²) in [5, 5.41) is 0. The Hall–Kier alpha value is 0.751. The van der Waals surface area contributed by atoms with Crippen LogP contribution in [0.1, 0.15) is 40.0 Å². The van der Waals surface area contributed by atoms with Crippen molar-refractivity contribution in [3.63, 3.8) is 0 Å². The van der Waals surface area contributed by atoms with Gasteiger partial charge in [0.15, 0.2) is 0 Å². The summed E-state index contributed by atoms with van der Waals surface area (Å²) < 4.78 is 6.35. The van der Waals surface area contributed by atoms with Gasteiger partial charge in [-0.3, -0.25) is 0 Å². The molecule has 0 spiro atoms. The molecule has 0 aromatic carbocycles. The minimum absolute atomic E-state index is 0. The quantitative estimate of drug-likeness (QED) is 0.389. The monoisotopic (exact) mass is 397 g/mol. The van der Waals surface area contributed by atoms with E-state index in [1.807, 2.05) is 0 Å². The molecule has 22 heavy (non-hydrogen) atoms. The molecule has 1 saturated carbocycles. The first kappa shape index (κ1) is 22.8. The molecule has 0 saturated heterocycles. The van der Waals surface area contributed by atoms with Crippen LogP contribution in [0.3, 0.4) is 0 Å². The molecule has 0 aromatic heterocycles. The molecule has 2 atom stereocenters. The zero-order chi connectivity index (χ0) is 16.1. The molecular weight excluding hydrogens is 369 g/mol. The molecule has 128 valence electrons. The first-order valence-electron chi connectivity index (χ1n) is 7.46. The van der Waals surface area contributed by atoms with Crippen molar-refractivity contribution in [3.05, 3.63) is 36.4 Å². The van der Waals surface area contributed by atoms with Crippen molar-refractivity contribution in [1.29, 1.82) is 0 Å². The van der Waals surface area contributed by atoms with E-state index in [0.29, 0.717) is 11.8 Å². The molecule has 0 aromatic rings. The van der Waals surface area contributed by atoms with E-state index in [2.05, 4.69) is 52.1 Å². The van der Waals surface area contributed by atoms with Crippen LogP contribution in [-0.2, 0) is 21.5 Å². The molecule has 0 bridgehead atoms. The Labute approximate surface area is 154 Å². The van der Waals surface area contributed by atoms with Crippen LogP contribution in [0, 0.1) is 19.3 Å². The van der Waals surface area contributed by atoms with Crippen LogP contribution in [0.25, 0.3) is 4.98 Å². The van der Waals surface area contributed by atoms with Gasteiger partial charge in [-0.1, -0.05) is 52.4 Å². The van der Waals surface area contributed by atoms with Gasteiger partial charge in [0.2, 0.25) is 0 Å². The molecule has 0 N–H and O–H groups in total. The number of allylic oxidation sites excluding steroid dienone is 4. The van der Waals surface area contributed by atoms with Crippen LogP contribution < -0.4 is 0 Å². The predicted molar refractivity (Wildman–Crippen MR) is 97.9 cm³/mol. The van der Waals surface area contributed by atoms with E-state index < -0.39 is 25.5 Å². The maximum atomic E-state index is 6.35. The topological polar surface area (TPSA) is 23.3 Å². The standard InChI is InChI=1S/C15H26NOSi.CH3.2ClH.Ti/c1-15(2,3)16-18(4,5)17-14-11-7-9-12-8-6-10-13(12)14;;;;/h7,9,11-13H,6,8,10H2,1-5H3;1H3;2*1H;/q2*-1;;;+2/p-2. The van der Waals surface area contributed by atoms with Gasteiger partial charge in [0.05, 0.1) is 5.76 Å². The van der Waals surface area contributed by atoms with Gasteiger partial charge in [0.25, 0.3) is 0 Å². The van der Waals surface area contributed by atoms with Crippen molar-refractivity contribution in [2.45, 2.75) is 58.7 Å². The van der Waals surface area contributed by atoms with E-state index in [9.17, 15) is 0 Å². The first-order valence-corrected chi connectivity index (χ1v) is 14.6. The number of halogens is 2. The molecule has 2 nitrogen and oxygen atoms in total. The molecule has 1 fully saturated rings. The van der Waals surface area contributed by atoms with Crippen LogP contribution in [0.4, 0.5) is 0 Å². The van der Waals surface area contributed by atoms with Gasteiger partial charge in [0.1, 0.15) is 8.48 Å². The summed E-state index contributed by atoms with van der Waals surface area (Å²) in [5.74, 6) is 2.53. The van der Waals surface area contributed by atoms with E-state index >= 15 is 0 Å². The molecule has 2 unspecified atom stereocenters. The second-order valence-corrected chi connectivity index (χ2v) is 13.0. The molecule has 2 aliphatic rings. The van der Waals surface area contributed by atoms with Crippen molar-refractivity contribution < 1.29 is 21.5 Å².